The van der Waals surface area contributed by atoms with Gasteiger partial charge in [-0.15, -0.1) is 0 Å². The van der Waals surface area contributed by atoms with Crippen molar-refractivity contribution in [2.24, 2.45) is 5.41 Å². The lowest BCUT2D eigenvalue weighted by molar-refractivity contribution is 0.152. The van der Waals surface area contributed by atoms with Gasteiger partial charge in [-0.3, -0.25) is 4.98 Å². The number of fused-ring (bicyclic) bond motifs is 1. The summed E-state index contributed by atoms with van der Waals surface area (Å²) in [6.07, 6.45) is 6.30. The lowest BCUT2D eigenvalue weighted by Crippen LogP contribution is -2.37. The van der Waals surface area contributed by atoms with Crippen LogP contribution in [0.15, 0.2) is 35.4 Å². The van der Waals surface area contributed by atoms with Crippen molar-refractivity contribution in [1.29, 1.82) is 0 Å². The number of rotatable bonds is 2. The van der Waals surface area contributed by atoms with E-state index in [1.165, 1.54) is 19.3 Å². The van der Waals surface area contributed by atoms with E-state index in [-0.39, 0.29) is 11.5 Å². The Morgan fingerprint density at radius 2 is 2.04 bits per heavy atom. The summed E-state index contributed by atoms with van der Waals surface area (Å²) < 4.78 is 27.9. The zero-order valence-electron chi connectivity index (χ0n) is 13.6. The molecule has 2 aromatic rings. The van der Waals surface area contributed by atoms with E-state index in [0.29, 0.717) is 11.4 Å². The minimum Gasteiger partial charge on any atom is -0.256 e. The van der Waals surface area contributed by atoms with Gasteiger partial charge in [0.1, 0.15) is 0 Å². The first-order valence-electron chi connectivity index (χ1n) is 8.29. The van der Waals surface area contributed by atoms with E-state index >= 15 is 0 Å². The number of hydrogen-bond donors (Lipinski definition) is 0. The molecule has 1 atom stereocenters. The van der Waals surface area contributed by atoms with Crippen molar-refractivity contribution >= 4 is 20.9 Å². The van der Waals surface area contributed by atoms with Gasteiger partial charge in [0.2, 0.25) is 10.0 Å². The van der Waals surface area contributed by atoms with E-state index in [0.717, 1.165) is 22.9 Å². The van der Waals surface area contributed by atoms with Gasteiger partial charge in [-0.05, 0) is 62.3 Å². The lowest BCUT2D eigenvalue weighted by Gasteiger charge is -2.38. The van der Waals surface area contributed by atoms with E-state index in [1.54, 1.807) is 22.6 Å². The van der Waals surface area contributed by atoms with Gasteiger partial charge < -0.3 is 0 Å². The van der Waals surface area contributed by atoms with Crippen molar-refractivity contribution < 1.29 is 8.42 Å². The Bertz CT molecular complexity index is 872. The van der Waals surface area contributed by atoms with Crippen molar-refractivity contribution in [3.63, 3.8) is 0 Å². The van der Waals surface area contributed by atoms with E-state index in [9.17, 15) is 8.42 Å². The van der Waals surface area contributed by atoms with Crippen molar-refractivity contribution in [3.8, 4) is 0 Å². The quantitative estimate of drug-likeness (QED) is 0.847. The SMILES string of the molecule is Cc1ccnc2cc(S(=O)(=O)N3CC4(CCC4)CC3C)ccc12. The average molecular weight is 330 g/mol. The highest BCUT2D eigenvalue weighted by molar-refractivity contribution is 7.89. The highest BCUT2D eigenvalue weighted by atomic mass is 32.2. The molecule has 0 bridgehead atoms. The van der Waals surface area contributed by atoms with Gasteiger partial charge in [-0.1, -0.05) is 12.5 Å². The Balaban J connectivity index is 1.74. The molecule has 5 heteroatoms. The first kappa shape index (κ1) is 15.1. The fourth-order valence-electron chi connectivity index (χ4n) is 4.21. The molecule has 1 spiro atoms. The minimum absolute atomic E-state index is 0.0847. The average Bonchev–Trinajstić information content (AvgIpc) is 2.86. The topological polar surface area (TPSA) is 50.3 Å². The third kappa shape index (κ3) is 2.29. The van der Waals surface area contributed by atoms with Crippen LogP contribution in [0.25, 0.3) is 10.9 Å². The van der Waals surface area contributed by atoms with Gasteiger partial charge in [0.15, 0.2) is 0 Å². The van der Waals surface area contributed by atoms with Gasteiger partial charge in [0, 0.05) is 24.2 Å². The van der Waals surface area contributed by atoms with Crippen molar-refractivity contribution in [2.75, 3.05) is 6.54 Å². The van der Waals surface area contributed by atoms with Crippen molar-refractivity contribution in [3.05, 3.63) is 36.0 Å². The van der Waals surface area contributed by atoms with Gasteiger partial charge >= 0.3 is 0 Å². The third-order valence-corrected chi connectivity index (χ3v) is 7.62. The van der Waals surface area contributed by atoms with Gasteiger partial charge in [-0.2, -0.15) is 4.31 Å². The zero-order chi connectivity index (χ0) is 16.2. The molecule has 1 aliphatic carbocycles. The molecule has 0 amide bonds. The molecule has 122 valence electrons. The highest BCUT2D eigenvalue weighted by Gasteiger charge is 2.49. The molecule has 23 heavy (non-hydrogen) atoms. The number of aryl methyl sites for hydroxylation is 1. The maximum absolute atomic E-state index is 13.1. The smallest absolute Gasteiger partial charge is 0.243 e. The Morgan fingerprint density at radius 3 is 2.70 bits per heavy atom. The molecule has 2 heterocycles. The summed E-state index contributed by atoms with van der Waals surface area (Å²) in [5.41, 5.74) is 2.11. The number of aromatic nitrogens is 1. The number of pyridine rings is 1. The van der Waals surface area contributed by atoms with Gasteiger partial charge in [0.05, 0.1) is 10.4 Å². The Kier molecular flexibility index (Phi) is 3.29. The monoisotopic (exact) mass is 330 g/mol. The van der Waals surface area contributed by atoms with Crippen LogP contribution in [0.3, 0.4) is 0 Å². The van der Waals surface area contributed by atoms with Gasteiger partial charge in [0.25, 0.3) is 0 Å². The van der Waals surface area contributed by atoms with Crippen LogP contribution in [0.2, 0.25) is 0 Å². The van der Waals surface area contributed by atoms with Crippen molar-refractivity contribution in [1.82, 2.24) is 9.29 Å². The second kappa shape index (κ2) is 5.02. The molecule has 4 rings (SSSR count). The summed E-state index contributed by atoms with van der Waals surface area (Å²) in [6.45, 7) is 4.73. The number of nitrogens with zero attached hydrogens (tertiary/aromatic N) is 2. The second-order valence-corrected chi connectivity index (χ2v) is 9.15. The molecule has 0 N–H and O–H groups in total. The van der Waals surface area contributed by atoms with Crippen LogP contribution in [-0.2, 0) is 10.0 Å². The first-order valence-corrected chi connectivity index (χ1v) is 9.73. The predicted octanol–water partition coefficient (Wildman–Crippen LogP) is 3.50. The zero-order valence-corrected chi connectivity index (χ0v) is 14.4. The van der Waals surface area contributed by atoms with Crippen LogP contribution in [0.5, 0.6) is 0 Å². The fraction of sp³-hybridized carbons (Fsp3) is 0.500. The minimum atomic E-state index is -3.45. The van der Waals surface area contributed by atoms with Crippen LogP contribution in [0.4, 0.5) is 0 Å². The van der Waals surface area contributed by atoms with Crippen LogP contribution >= 0.6 is 0 Å². The molecule has 1 saturated carbocycles. The Hall–Kier alpha value is -1.46. The summed E-state index contributed by atoms with van der Waals surface area (Å²) in [7, 11) is -3.45. The van der Waals surface area contributed by atoms with E-state index < -0.39 is 10.0 Å². The molecule has 1 aliphatic heterocycles. The second-order valence-electron chi connectivity index (χ2n) is 7.26. The molecule has 4 nitrogen and oxygen atoms in total. The largest absolute Gasteiger partial charge is 0.256 e. The molecule has 2 aliphatic rings. The molecular formula is C18H22N2O2S. The first-order chi connectivity index (χ1) is 10.9. The van der Waals surface area contributed by atoms with Crippen LogP contribution in [0.1, 0.15) is 38.2 Å². The lowest BCUT2D eigenvalue weighted by atomic mass is 9.68. The van der Waals surface area contributed by atoms with Gasteiger partial charge in [-0.25, -0.2) is 8.42 Å². The Morgan fingerprint density at radius 1 is 1.26 bits per heavy atom. The maximum atomic E-state index is 13.1. The molecule has 1 aromatic carbocycles. The van der Waals surface area contributed by atoms with E-state index in [4.69, 9.17) is 0 Å². The normalized spacial score (nSPS) is 24.2. The molecule has 0 radical (unpaired) electrons. The summed E-state index contributed by atoms with van der Waals surface area (Å²) in [4.78, 5) is 4.70. The van der Waals surface area contributed by atoms with E-state index in [1.807, 2.05) is 26.0 Å². The summed E-state index contributed by atoms with van der Waals surface area (Å²) in [5.74, 6) is 0. The van der Waals surface area contributed by atoms with Crippen LogP contribution < -0.4 is 0 Å². The molecule has 1 aromatic heterocycles. The fourth-order valence-corrected chi connectivity index (χ4v) is 5.97. The van der Waals surface area contributed by atoms with E-state index in [2.05, 4.69) is 4.98 Å². The Labute approximate surface area is 137 Å². The van der Waals surface area contributed by atoms with Crippen molar-refractivity contribution in [2.45, 2.75) is 50.5 Å². The number of sulfonamides is 1. The number of hydrogen-bond acceptors (Lipinski definition) is 3. The summed E-state index contributed by atoms with van der Waals surface area (Å²) in [6, 6.07) is 7.35. The standard InChI is InChI=1S/C18H22N2O2S/c1-13-6-9-19-17-10-15(4-5-16(13)17)23(21,22)20-12-18(7-3-8-18)11-14(20)2/h4-6,9-10,14H,3,7-8,11-12H2,1-2H3. The summed E-state index contributed by atoms with van der Waals surface area (Å²) >= 11 is 0. The maximum Gasteiger partial charge on any atom is 0.243 e. The molecule has 1 unspecified atom stereocenters. The van der Waals surface area contributed by atoms with Crippen LogP contribution in [-0.4, -0.2) is 30.3 Å². The molecular weight excluding hydrogens is 308 g/mol. The molecule has 1 saturated heterocycles. The predicted molar refractivity (Wildman–Crippen MR) is 90.7 cm³/mol. The summed E-state index contributed by atoms with van der Waals surface area (Å²) in [5, 5.41) is 1.01. The molecule has 2 fully saturated rings. The van der Waals surface area contributed by atoms with Crippen LogP contribution in [0, 0.1) is 12.3 Å². The highest BCUT2D eigenvalue weighted by Crippen LogP contribution is 2.51. The third-order valence-electron chi connectivity index (χ3n) is 5.66. The number of benzene rings is 1.